The molecule has 18 heavy (non-hydrogen) atoms. The lowest BCUT2D eigenvalue weighted by Crippen LogP contribution is -2.45. The van der Waals surface area contributed by atoms with Crippen LogP contribution >= 0.6 is 0 Å². The third-order valence-electron chi connectivity index (χ3n) is 3.01. The number of morpholine rings is 1. The fourth-order valence-electron chi connectivity index (χ4n) is 1.88. The van der Waals surface area contributed by atoms with Crippen molar-refractivity contribution in [1.82, 2.24) is 14.9 Å². The van der Waals surface area contributed by atoms with Crippen LogP contribution in [0.25, 0.3) is 0 Å². The molecule has 0 bridgehead atoms. The maximum absolute atomic E-state index is 12.2. The number of nitrogens with one attached hydrogen (secondary N) is 1. The highest BCUT2D eigenvalue weighted by Gasteiger charge is 2.24. The molecule has 2 rings (SSSR count). The van der Waals surface area contributed by atoms with E-state index in [1.54, 1.807) is 18.1 Å². The van der Waals surface area contributed by atoms with E-state index in [0.29, 0.717) is 31.2 Å². The summed E-state index contributed by atoms with van der Waals surface area (Å²) in [5.41, 5.74) is 0.380. The number of ether oxygens (including phenoxy) is 1. The van der Waals surface area contributed by atoms with Gasteiger partial charge in [0.25, 0.3) is 5.91 Å². The van der Waals surface area contributed by atoms with Crippen molar-refractivity contribution in [2.24, 2.45) is 0 Å². The number of carbonyl (C=O) groups excluding carboxylic acids is 1. The van der Waals surface area contributed by atoms with Crippen LogP contribution in [0.4, 0.5) is 5.82 Å². The van der Waals surface area contributed by atoms with Gasteiger partial charge >= 0.3 is 0 Å². The van der Waals surface area contributed by atoms with Crippen molar-refractivity contribution in [3.63, 3.8) is 0 Å². The van der Waals surface area contributed by atoms with Crippen LogP contribution in [0.3, 0.4) is 0 Å². The van der Waals surface area contributed by atoms with E-state index in [1.165, 1.54) is 6.20 Å². The number of amides is 1. The van der Waals surface area contributed by atoms with Crippen molar-refractivity contribution in [3.05, 3.63) is 18.1 Å². The number of hydrogen-bond acceptors (Lipinski definition) is 5. The number of nitrogens with zero attached hydrogens (tertiary/aromatic N) is 3. The average molecular weight is 250 g/mol. The van der Waals surface area contributed by atoms with E-state index in [0.717, 1.165) is 6.42 Å². The maximum Gasteiger partial charge on any atom is 0.274 e. The summed E-state index contributed by atoms with van der Waals surface area (Å²) in [5.74, 6) is 0.576. The third kappa shape index (κ3) is 2.76. The normalized spacial score (nSPS) is 19.7. The molecule has 0 aromatic carbocycles. The van der Waals surface area contributed by atoms with Crippen molar-refractivity contribution < 1.29 is 9.53 Å². The Labute approximate surface area is 106 Å². The summed E-state index contributed by atoms with van der Waals surface area (Å²) in [7, 11) is 1.76. The molecule has 0 aliphatic carbocycles. The van der Waals surface area contributed by atoms with Gasteiger partial charge in [0.15, 0.2) is 0 Å². The number of hydrogen-bond donors (Lipinski definition) is 1. The monoisotopic (exact) mass is 250 g/mol. The van der Waals surface area contributed by atoms with Crippen LogP contribution in [0, 0.1) is 0 Å². The lowest BCUT2D eigenvalue weighted by Gasteiger charge is -2.32. The van der Waals surface area contributed by atoms with Crippen LogP contribution < -0.4 is 5.32 Å². The zero-order valence-corrected chi connectivity index (χ0v) is 10.7. The SMILES string of the molecule is CCC1CN(C(=O)c2cnc(NC)cn2)CCO1. The Kier molecular flexibility index (Phi) is 4.09. The van der Waals surface area contributed by atoms with Gasteiger partial charge in [0.05, 0.1) is 25.1 Å². The molecule has 1 saturated heterocycles. The molecule has 1 unspecified atom stereocenters. The van der Waals surface area contributed by atoms with Gasteiger partial charge in [-0.3, -0.25) is 4.79 Å². The first-order valence-corrected chi connectivity index (χ1v) is 6.15. The second-order valence-electron chi connectivity index (χ2n) is 4.19. The molecule has 1 atom stereocenters. The molecule has 6 heteroatoms. The van der Waals surface area contributed by atoms with Gasteiger partial charge in [-0.05, 0) is 6.42 Å². The molecule has 98 valence electrons. The molecule has 1 amide bonds. The molecule has 1 aromatic rings. The zero-order chi connectivity index (χ0) is 13.0. The van der Waals surface area contributed by atoms with Gasteiger partial charge in [0.2, 0.25) is 0 Å². The van der Waals surface area contributed by atoms with Crippen LogP contribution in [-0.4, -0.2) is 53.6 Å². The van der Waals surface area contributed by atoms with E-state index in [-0.39, 0.29) is 12.0 Å². The van der Waals surface area contributed by atoms with Gasteiger partial charge in [-0.1, -0.05) is 6.92 Å². The largest absolute Gasteiger partial charge is 0.375 e. The van der Waals surface area contributed by atoms with Crippen molar-refractivity contribution in [2.45, 2.75) is 19.4 Å². The minimum Gasteiger partial charge on any atom is -0.375 e. The fourth-order valence-corrected chi connectivity index (χ4v) is 1.88. The van der Waals surface area contributed by atoms with Gasteiger partial charge in [-0.25, -0.2) is 9.97 Å². The van der Waals surface area contributed by atoms with Gasteiger partial charge in [-0.2, -0.15) is 0 Å². The predicted molar refractivity (Wildman–Crippen MR) is 67.5 cm³/mol. The lowest BCUT2D eigenvalue weighted by molar-refractivity contribution is -0.0228. The molecule has 1 fully saturated rings. The first-order valence-electron chi connectivity index (χ1n) is 6.15. The van der Waals surface area contributed by atoms with Crippen molar-refractivity contribution in [3.8, 4) is 0 Å². The summed E-state index contributed by atoms with van der Waals surface area (Å²) in [4.78, 5) is 22.2. The van der Waals surface area contributed by atoms with Crippen LogP contribution in [0.1, 0.15) is 23.8 Å². The molecule has 6 nitrogen and oxygen atoms in total. The molecule has 0 saturated carbocycles. The summed E-state index contributed by atoms with van der Waals surface area (Å²) in [6.45, 7) is 3.89. The molecule has 0 radical (unpaired) electrons. The van der Waals surface area contributed by atoms with Crippen molar-refractivity contribution in [1.29, 1.82) is 0 Å². The van der Waals surface area contributed by atoms with Crippen molar-refractivity contribution >= 4 is 11.7 Å². The highest BCUT2D eigenvalue weighted by Crippen LogP contribution is 2.11. The second-order valence-corrected chi connectivity index (χ2v) is 4.19. The summed E-state index contributed by atoms with van der Waals surface area (Å²) in [6, 6.07) is 0. The van der Waals surface area contributed by atoms with Gasteiger partial charge in [-0.15, -0.1) is 0 Å². The molecule has 2 heterocycles. The quantitative estimate of drug-likeness (QED) is 0.858. The average Bonchev–Trinajstić information content (AvgIpc) is 2.46. The third-order valence-corrected chi connectivity index (χ3v) is 3.01. The number of anilines is 1. The smallest absolute Gasteiger partial charge is 0.274 e. The van der Waals surface area contributed by atoms with Crippen LogP contribution in [0.5, 0.6) is 0 Å². The number of carbonyl (C=O) groups is 1. The summed E-state index contributed by atoms with van der Waals surface area (Å²) in [6.07, 6.45) is 4.11. The standard InChI is InChI=1S/C12H18N4O2/c1-3-9-8-16(4-5-18-9)12(17)10-6-15-11(13-2)7-14-10/h6-7,9H,3-5,8H2,1-2H3,(H,13,15). The Morgan fingerprint density at radius 2 is 2.39 bits per heavy atom. The predicted octanol–water partition coefficient (Wildman–Crippen LogP) is 0.769. The minimum absolute atomic E-state index is 0.0769. The van der Waals surface area contributed by atoms with E-state index in [2.05, 4.69) is 22.2 Å². The molecule has 1 aromatic heterocycles. The first-order chi connectivity index (χ1) is 8.74. The lowest BCUT2D eigenvalue weighted by atomic mass is 10.2. The van der Waals surface area contributed by atoms with Crippen LogP contribution in [0.15, 0.2) is 12.4 Å². The summed E-state index contributed by atoms with van der Waals surface area (Å²) >= 11 is 0. The highest BCUT2D eigenvalue weighted by molar-refractivity contribution is 5.92. The van der Waals surface area contributed by atoms with E-state index in [9.17, 15) is 4.79 Å². The Morgan fingerprint density at radius 3 is 3.00 bits per heavy atom. The Morgan fingerprint density at radius 1 is 1.56 bits per heavy atom. The number of aromatic nitrogens is 2. The van der Waals surface area contributed by atoms with Gasteiger partial charge in [0.1, 0.15) is 11.5 Å². The van der Waals surface area contributed by atoms with E-state index >= 15 is 0 Å². The Balaban J connectivity index is 2.05. The van der Waals surface area contributed by atoms with E-state index < -0.39 is 0 Å². The molecular formula is C12H18N4O2. The molecule has 1 aliphatic heterocycles. The Hall–Kier alpha value is -1.69. The van der Waals surface area contributed by atoms with Crippen LogP contribution in [-0.2, 0) is 4.74 Å². The summed E-state index contributed by atoms with van der Waals surface area (Å²) < 4.78 is 5.54. The number of rotatable bonds is 3. The van der Waals surface area contributed by atoms with Crippen LogP contribution in [0.2, 0.25) is 0 Å². The maximum atomic E-state index is 12.2. The van der Waals surface area contributed by atoms with Gasteiger partial charge in [0, 0.05) is 20.1 Å². The van der Waals surface area contributed by atoms with Gasteiger partial charge < -0.3 is 15.0 Å². The molecule has 1 aliphatic rings. The van der Waals surface area contributed by atoms with E-state index in [1.807, 2.05) is 0 Å². The molecule has 1 N–H and O–H groups in total. The van der Waals surface area contributed by atoms with Crippen molar-refractivity contribution in [2.75, 3.05) is 32.1 Å². The molecule has 0 spiro atoms. The Bertz CT molecular complexity index is 407. The summed E-state index contributed by atoms with van der Waals surface area (Å²) in [5, 5.41) is 2.87. The first kappa shape index (κ1) is 12.8. The zero-order valence-electron chi connectivity index (χ0n) is 10.7. The van der Waals surface area contributed by atoms with E-state index in [4.69, 9.17) is 4.74 Å². The fraction of sp³-hybridized carbons (Fsp3) is 0.583. The second kappa shape index (κ2) is 5.77. The topological polar surface area (TPSA) is 67.4 Å². The highest BCUT2D eigenvalue weighted by atomic mass is 16.5. The molecular weight excluding hydrogens is 232 g/mol. The minimum atomic E-state index is -0.0769.